The van der Waals surface area contributed by atoms with Gasteiger partial charge in [-0.25, -0.2) is 0 Å². The highest BCUT2D eigenvalue weighted by molar-refractivity contribution is 9.10. The molecule has 0 atom stereocenters. The average molecular weight is 257 g/mol. The zero-order valence-corrected chi connectivity index (χ0v) is 9.84. The fourth-order valence-corrected chi connectivity index (χ4v) is 2.30. The summed E-state index contributed by atoms with van der Waals surface area (Å²) >= 11 is 3.43. The standard InChI is InChI=1S/C11H13BrO2/c1-11(2,7-10(13)14)8-5-3-4-6-9(8)12/h3-6H,7H2,1-2H3,(H,13,14). The number of rotatable bonds is 3. The van der Waals surface area contributed by atoms with Gasteiger partial charge in [-0.2, -0.15) is 0 Å². The smallest absolute Gasteiger partial charge is 0.304 e. The second-order valence-electron chi connectivity index (χ2n) is 3.93. The minimum absolute atomic E-state index is 0.135. The third-order valence-corrected chi connectivity index (χ3v) is 2.89. The molecule has 1 rings (SSSR count). The van der Waals surface area contributed by atoms with Gasteiger partial charge < -0.3 is 5.11 Å². The highest BCUT2D eigenvalue weighted by atomic mass is 79.9. The van der Waals surface area contributed by atoms with Crippen LogP contribution in [-0.2, 0) is 10.2 Å². The van der Waals surface area contributed by atoms with Gasteiger partial charge in [-0.05, 0) is 11.6 Å². The van der Waals surface area contributed by atoms with Crippen LogP contribution in [-0.4, -0.2) is 11.1 Å². The topological polar surface area (TPSA) is 37.3 Å². The number of aliphatic carboxylic acids is 1. The molecule has 0 saturated heterocycles. The molecule has 0 amide bonds. The van der Waals surface area contributed by atoms with Gasteiger partial charge in [0.2, 0.25) is 0 Å². The van der Waals surface area contributed by atoms with Crippen LogP contribution in [0.25, 0.3) is 0 Å². The number of carboxylic acids is 1. The lowest BCUT2D eigenvalue weighted by atomic mass is 9.82. The molecule has 3 heteroatoms. The molecule has 1 aromatic rings. The Morgan fingerprint density at radius 3 is 2.50 bits per heavy atom. The van der Waals surface area contributed by atoms with E-state index in [1.54, 1.807) is 0 Å². The number of benzene rings is 1. The molecule has 76 valence electrons. The lowest BCUT2D eigenvalue weighted by molar-refractivity contribution is -0.138. The average Bonchev–Trinajstić information content (AvgIpc) is 2.02. The Labute approximate surface area is 92.1 Å². The van der Waals surface area contributed by atoms with Gasteiger partial charge in [0.05, 0.1) is 6.42 Å². The van der Waals surface area contributed by atoms with Gasteiger partial charge in [0.1, 0.15) is 0 Å². The van der Waals surface area contributed by atoms with E-state index in [-0.39, 0.29) is 11.8 Å². The van der Waals surface area contributed by atoms with Crippen LogP contribution in [0, 0.1) is 0 Å². The van der Waals surface area contributed by atoms with E-state index in [1.807, 2.05) is 38.1 Å². The molecule has 0 unspecified atom stereocenters. The Kier molecular flexibility index (Phi) is 3.32. The second-order valence-corrected chi connectivity index (χ2v) is 4.79. The predicted octanol–water partition coefficient (Wildman–Crippen LogP) is 3.20. The molecule has 0 fully saturated rings. The van der Waals surface area contributed by atoms with E-state index in [0.29, 0.717) is 0 Å². The van der Waals surface area contributed by atoms with Crippen molar-refractivity contribution in [2.75, 3.05) is 0 Å². The number of hydrogen-bond acceptors (Lipinski definition) is 1. The molecule has 1 N–H and O–H groups in total. The van der Waals surface area contributed by atoms with Gasteiger partial charge in [-0.1, -0.05) is 48.0 Å². The zero-order valence-electron chi connectivity index (χ0n) is 8.25. The monoisotopic (exact) mass is 256 g/mol. The van der Waals surface area contributed by atoms with Crippen LogP contribution in [0.5, 0.6) is 0 Å². The van der Waals surface area contributed by atoms with Crippen molar-refractivity contribution in [1.82, 2.24) is 0 Å². The van der Waals surface area contributed by atoms with Crippen molar-refractivity contribution in [2.24, 2.45) is 0 Å². The molecule has 0 spiro atoms. The molecule has 2 nitrogen and oxygen atoms in total. The molecule has 0 saturated carbocycles. The van der Waals surface area contributed by atoms with Crippen molar-refractivity contribution in [3.05, 3.63) is 34.3 Å². The maximum atomic E-state index is 10.7. The van der Waals surface area contributed by atoms with Crippen LogP contribution in [0.4, 0.5) is 0 Å². The summed E-state index contributed by atoms with van der Waals surface area (Å²) in [5.41, 5.74) is 0.689. The van der Waals surface area contributed by atoms with Crippen LogP contribution < -0.4 is 0 Å². The molecular weight excluding hydrogens is 244 g/mol. The van der Waals surface area contributed by atoms with E-state index in [2.05, 4.69) is 15.9 Å². The summed E-state index contributed by atoms with van der Waals surface area (Å²) in [5.74, 6) is -0.772. The lowest BCUT2D eigenvalue weighted by Crippen LogP contribution is -2.22. The summed E-state index contributed by atoms with van der Waals surface area (Å²) in [6.07, 6.45) is 0.135. The SMILES string of the molecule is CC(C)(CC(=O)O)c1ccccc1Br. The van der Waals surface area contributed by atoms with Crippen LogP contribution in [0.3, 0.4) is 0 Å². The normalized spacial score (nSPS) is 11.4. The van der Waals surface area contributed by atoms with Crippen molar-refractivity contribution >= 4 is 21.9 Å². The number of carboxylic acid groups (broad SMARTS) is 1. The van der Waals surface area contributed by atoms with Gasteiger partial charge in [0.15, 0.2) is 0 Å². The van der Waals surface area contributed by atoms with E-state index in [9.17, 15) is 4.79 Å². The van der Waals surface area contributed by atoms with Gasteiger partial charge in [-0.15, -0.1) is 0 Å². The van der Waals surface area contributed by atoms with Crippen molar-refractivity contribution in [1.29, 1.82) is 0 Å². The van der Waals surface area contributed by atoms with Gasteiger partial charge >= 0.3 is 5.97 Å². The van der Waals surface area contributed by atoms with Crippen molar-refractivity contribution in [3.8, 4) is 0 Å². The summed E-state index contributed by atoms with van der Waals surface area (Å²) < 4.78 is 0.964. The van der Waals surface area contributed by atoms with Crippen LogP contribution in [0.2, 0.25) is 0 Å². The third-order valence-electron chi connectivity index (χ3n) is 2.20. The first-order valence-electron chi connectivity index (χ1n) is 4.40. The highest BCUT2D eigenvalue weighted by Crippen LogP contribution is 2.32. The maximum absolute atomic E-state index is 10.7. The molecular formula is C11H13BrO2. The van der Waals surface area contributed by atoms with E-state index in [0.717, 1.165) is 10.0 Å². The second kappa shape index (κ2) is 4.13. The fraction of sp³-hybridized carbons (Fsp3) is 0.364. The Bertz CT molecular complexity index is 345. The molecule has 0 aliphatic heterocycles. The minimum atomic E-state index is -0.772. The summed E-state index contributed by atoms with van der Waals surface area (Å²) in [5, 5.41) is 8.79. The van der Waals surface area contributed by atoms with Crippen LogP contribution in [0.1, 0.15) is 25.8 Å². The third kappa shape index (κ3) is 2.58. The lowest BCUT2D eigenvalue weighted by Gasteiger charge is -2.24. The van der Waals surface area contributed by atoms with Crippen molar-refractivity contribution in [2.45, 2.75) is 25.7 Å². The molecule has 0 aliphatic carbocycles. The van der Waals surface area contributed by atoms with E-state index in [4.69, 9.17) is 5.11 Å². The molecule has 0 radical (unpaired) electrons. The number of carbonyl (C=O) groups is 1. The summed E-state index contributed by atoms with van der Waals surface area (Å²) in [6.45, 7) is 3.86. The Morgan fingerprint density at radius 1 is 1.43 bits per heavy atom. The molecule has 0 aliphatic rings. The van der Waals surface area contributed by atoms with Crippen LogP contribution in [0.15, 0.2) is 28.7 Å². The van der Waals surface area contributed by atoms with Gasteiger partial charge in [-0.3, -0.25) is 4.79 Å². The van der Waals surface area contributed by atoms with Gasteiger partial charge in [0.25, 0.3) is 0 Å². The highest BCUT2D eigenvalue weighted by Gasteiger charge is 2.25. The fourth-order valence-electron chi connectivity index (χ4n) is 1.48. The largest absolute Gasteiger partial charge is 0.481 e. The first kappa shape index (κ1) is 11.2. The molecule has 0 heterocycles. The van der Waals surface area contributed by atoms with Crippen LogP contribution >= 0.6 is 15.9 Å². The molecule has 14 heavy (non-hydrogen) atoms. The summed E-state index contributed by atoms with van der Waals surface area (Å²) in [4.78, 5) is 10.7. The number of hydrogen-bond donors (Lipinski definition) is 1. The molecule has 1 aromatic carbocycles. The summed E-state index contributed by atoms with van der Waals surface area (Å²) in [7, 11) is 0. The number of halogens is 1. The molecule has 0 bridgehead atoms. The van der Waals surface area contributed by atoms with Crippen molar-refractivity contribution in [3.63, 3.8) is 0 Å². The Balaban J connectivity index is 3.03. The van der Waals surface area contributed by atoms with E-state index < -0.39 is 5.97 Å². The van der Waals surface area contributed by atoms with Gasteiger partial charge in [0, 0.05) is 9.89 Å². The van der Waals surface area contributed by atoms with Crippen molar-refractivity contribution < 1.29 is 9.90 Å². The zero-order chi connectivity index (χ0) is 10.8. The molecule has 0 aromatic heterocycles. The van der Waals surface area contributed by atoms with E-state index >= 15 is 0 Å². The first-order chi connectivity index (χ1) is 6.43. The quantitative estimate of drug-likeness (QED) is 0.902. The van der Waals surface area contributed by atoms with E-state index in [1.165, 1.54) is 0 Å². The maximum Gasteiger partial charge on any atom is 0.304 e. The Morgan fingerprint density at radius 2 is 2.00 bits per heavy atom. The minimum Gasteiger partial charge on any atom is -0.481 e. The summed E-state index contributed by atoms with van der Waals surface area (Å²) in [6, 6.07) is 7.72. The Hall–Kier alpha value is -0.830. The predicted molar refractivity (Wildman–Crippen MR) is 59.4 cm³/mol. The first-order valence-corrected chi connectivity index (χ1v) is 5.19.